The monoisotopic (exact) mass is 271 g/mol. The largest absolute Gasteiger partial charge is 0.496 e. The number of amides is 1. The summed E-state index contributed by atoms with van der Waals surface area (Å²) < 4.78 is 10.2. The topological polar surface area (TPSA) is 64.6 Å². The van der Waals surface area contributed by atoms with Crippen LogP contribution in [0, 0.1) is 0 Å². The molecule has 0 spiro atoms. The second kappa shape index (κ2) is 6.26. The number of ether oxygens (including phenoxy) is 2. The Morgan fingerprint density at radius 3 is 2.28 bits per heavy atom. The Labute approximate surface area is 110 Å². The van der Waals surface area contributed by atoms with E-state index in [1.807, 2.05) is 0 Å². The molecule has 0 atom stereocenters. The van der Waals surface area contributed by atoms with Gasteiger partial charge in [-0.05, 0) is 6.07 Å². The Kier molecular flexibility index (Phi) is 4.97. The van der Waals surface area contributed by atoms with Crippen LogP contribution in [-0.2, 0) is 4.79 Å². The van der Waals surface area contributed by atoms with E-state index in [4.69, 9.17) is 21.1 Å². The van der Waals surface area contributed by atoms with Gasteiger partial charge in [-0.2, -0.15) is 0 Å². The normalized spacial score (nSPS) is 9.78. The predicted octanol–water partition coefficient (Wildman–Crippen LogP) is 2.08. The lowest BCUT2D eigenvalue weighted by molar-refractivity contribution is -0.114. The van der Waals surface area contributed by atoms with E-state index in [2.05, 4.69) is 5.32 Å². The van der Waals surface area contributed by atoms with E-state index in [1.165, 1.54) is 33.3 Å². The number of carbonyl (C=O) groups is 2. The zero-order valence-corrected chi connectivity index (χ0v) is 11.1. The van der Waals surface area contributed by atoms with E-state index in [-0.39, 0.29) is 17.6 Å². The van der Waals surface area contributed by atoms with Gasteiger partial charge in [0, 0.05) is 13.0 Å². The molecule has 0 aliphatic heterocycles. The average molecular weight is 272 g/mol. The molecule has 0 radical (unpaired) electrons. The predicted molar refractivity (Wildman–Crippen MR) is 68.9 cm³/mol. The molecule has 0 bridgehead atoms. The smallest absolute Gasteiger partial charge is 0.221 e. The van der Waals surface area contributed by atoms with Crippen molar-refractivity contribution in [1.82, 2.24) is 0 Å². The van der Waals surface area contributed by atoms with Gasteiger partial charge in [-0.3, -0.25) is 9.59 Å². The maximum Gasteiger partial charge on any atom is 0.221 e. The minimum absolute atomic E-state index is 0.154. The summed E-state index contributed by atoms with van der Waals surface area (Å²) in [5.74, 6) is 0.0385. The maximum atomic E-state index is 11.6. The molecule has 0 saturated carbocycles. The fraction of sp³-hybridized carbons (Fsp3) is 0.333. The summed E-state index contributed by atoms with van der Waals surface area (Å²) >= 11 is 5.52. The molecule has 1 aromatic rings. The van der Waals surface area contributed by atoms with Gasteiger partial charge < -0.3 is 14.8 Å². The van der Waals surface area contributed by atoms with E-state index in [0.29, 0.717) is 22.7 Å². The van der Waals surface area contributed by atoms with Crippen molar-refractivity contribution in [3.05, 3.63) is 17.7 Å². The third kappa shape index (κ3) is 3.13. The first-order valence-corrected chi connectivity index (χ1v) is 5.69. The Morgan fingerprint density at radius 1 is 1.22 bits per heavy atom. The molecule has 98 valence electrons. The van der Waals surface area contributed by atoms with Crippen LogP contribution in [0.3, 0.4) is 0 Å². The number of nitrogens with one attached hydrogen (secondary N) is 1. The molecule has 0 saturated heterocycles. The number of ketones is 1. The number of anilines is 1. The summed E-state index contributed by atoms with van der Waals surface area (Å²) in [6, 6.07) is 3.02. The fourth-order valence-corrected chi connectivity index (χ4v) is 1.62. The number of Topliss-reactive ketones (excluding diaryl/α,β-unsaturated/α-hetero) is 1. The summed E-state index contributed by atoms with van der Waals surface area (Å²) in [4.78, 5) is 22.7. The minimum Gasteiger partial charge on any atom is -0.496 e. The number of hydrogen-bond acceptors (Lipinski definition) is 4. The highest BCUT2D eigenvalue weighted by Crippen LogP contribution is 2.33. The van der Waals surface area contributed by atoms with Crippen molar-refractivity contribution in [2.24, 2.45) is 0 Å². The zero-order chi connectivity index (χ0) is 13.7. The molecule has 18 heavy (non-hydrogen) atoms. The molecular weight excluding hydrogens is 258 g/mol. The number of hydrogen-bond donors (Lipinski definition) is 1. The van der Waals surface area contributed by atoms with Crippen LogP contribution in [0.5, 0.6) is 11.5 Å². The number of methoxy groups -OCH3 is 2. The molecule has 0 aromatic heterocycles. The highest BCUT2D eigenvalue weighted by atomic mass is 35.5. The number of halogens is 1. The molecule has 0 fully saturated rings. The Balaban J connectivity index is 3.31. The minimum atomic E-state index is -0.277. The summed E-state index contributed by atoms with van der Waals surface area (Å²) in [5, 5.41) is 2.59. The summed E-state index contributed by atoms with van der Waals surface area (Å²) in [6.07, 6.45) is 0. The molecule has 6 heteroatoms. The molecular formula is C12H14ClNO4. The lowest BCUT2D eigenvalue weighted by Gasteiger charge is -2.13. The van der Waals surface area contributed by atoms with Crippen LogP contribution < -0.4 is 14.8 Å². The molecule has 1 rings (SSSR count). The van der Waals surface area contributed by atoms with Crippen LogP contribution in [-0.4, -0.2) is 31.8 Å². The van der Waals surface area contributed by atoms with Crippen LogP contribution >= 0.6 is 11.6 Å². The second-order valence-electron chi connectivity index (χ2n) is 3.49. The maximum absolute atomic E-state index is 11.6. The molecule has 1 aromatic carbocycles. The van der Waals surface area contributed by atoms with Gasteiger partial charge in [-0.25, -0.2) is 0 Å². The van der Waals surface area contributed by atoms with E-state index < -0.39 is 0 Å². The van der Waals surface area contributed by atoms with E-state index in [9.17, 15) is 9.59 Å². The molecule has 1 N–H and O–H groups in total. The molecule has 0 aliphatic rings. The summed E-state index contributed by atoms with van der Waals surface area (Å²) in [7, 11) is 2.88. The molecule has 1 amide bonds. The summed E-state index contributed by atoms with van der Waals surface area (Å²) in [6.45, 7) is 1.38. The van der Waals surface area contributed by atoms with E-state index in [1.54, 1.807) is 0 Å². The Bertz CT molecular complexity index is 473. The van der Waals surface area contributed by atoms with Crippen molar-refractivity contribution in [1.29, 1.82) is 0 Å². The van der Waals surface area contributed by atoms with E-state index >= 15 is 0 Å². The van der Waals surface area contributed by atoms with Crippen LogP contribution in [0.15, 0.2) is 12.1 Å². The SMILES string of the molecule is COc1cc(C(=O)CCl)c(OC)cc1NC(C)=O. The first-order valence-electron chi connectivity index (χ1n) is 5.16. The van der Waals surface area contributed by atoms with Crippen molar-refractivity contribution in [2.45, 2.75) is 6.92 Å². The first kappa shape index (κ1) is 14.3. The number of carbonyl (C=O) groups excluding carboxylic acids is 2. The Hall–Kier alpha value is -1.75. The van der Waals surface area contributed by atoms with Crippen molar-refractivity contribution in [3.8, 4) is 11.5 Å². The van der Waals surface area contributed by atoms with Crippen molar-refractivity contribution in [2.75, 3.05) is 25.4 Å². The second-order valence-corrected chi connectivity index (χ2v) is 3.76. The Morgan fingerprint density at radius 2 is 1.83 bits per heavy atom. The third-order valence-electron chi connectivity index (χ3n) is 2.25. The standard InChI is InChI=1S/C12H14ClNO4/c1-7(15)14-9-5-11(17-2)8(10(16)6-13)4-12(9)18-3/h4-5H,6H2,1-3H3,(H,14,15). The van der Waals surface area contributed by atoms with Crippen molar-refractivity contribution >= 4 is 29.0 Å². The van der Waals surface area contributed by atoms with Crippen molar-refractivity contribution < 1.29 is 19.1 Å². The highest BCUT2D eigenvalue weighted by molar-refractivity contribution is 6.30. The third-order valence-corrected chi connectivity index (χ3v) is 2.50. The molecule has 0 heterocycles. The highest BCUT2D eigenvalue weighted by Gasteiger charge is 2.16. The number of rotatable bonds is 5. The molecule has 0 unspecified atom stereocenters. The van der Waals surface area contributed by atoms with Gasteiger partial charge in [-0.15, -0.1) is 11.6 Å². The fourth-order valence-electron chi connectivity index (χ4n) is 1.47. The van der Waals surface area contributed by atoms with Crippen LogP contribution in [0.25, 0.3) is 0 Å². The van der Waals surface area contributed by atoms with Gasteiger partial charge in [0.05, 0.1) is 31.4 Å². The lowest BCUT2D eigenvalue weighted by atomic mass is 10.1. The first-order chi connectivity index (χ1) is 8.53. The van der Waals surface area contributed by atoms with Gasteiger partial charge in [0.2, 0.25) is 5.91 Å². The van der Waals surface area contributed by atoms with Gasteiger partial charge in [0.25, 0.3) is 0 Å². The van der Waals surface area contributed by atoms with E-state index in [0.717, 1.165) is 0 Å². The van der Waals surface area contributed by atoms with Crippen LogP contribution in [0.1, 0.15) is 17.3 Å². The van der Waals surface area contributed by atoms with Gasteiger partial charge in [0.15, 0.2) is 5.78 Å². The van der Waals surface area contributed by atoms with Gasteiger partial charge in [-0.1, -0.05) is 0 Å². The molecule has 5 nitrogen and oxygen atoms in total. The quantitative estimate of drug-likeness (QED) is 0.658. The number of benzene rings is 1. The molecule has 0 aliphatic carbocycles. The zero-order valence-electron chi connectivity index (χ0n) is 10.4. The van der Waals surface area contributed by atoms with Gasteiger partial charge >= 0.3 is 0 Å². The number of alkyl halides is 1. The lowest BCUT2D eigenvalue weighted by Crippen LogP contribution is -2.10. The van der Waals surface area contributed by atoms with Gasteiger partial charge in [0.1, 0.15) is 11.5 Å². The van der Waals surface area contributed by atoms with Crippen LogP contribution in [0.4, 0.5) is 5.69 Å². The summed E-state index contributed by atoms with van der Waals surface area (Å²) in [5.41, 5.74) is 0.756. The van der Waals surface area contributed by atoms with Crippen molar-refractivity contribution in [3.63, 3.8) is 0 Å². The average Bonchev–Trinajstić information content (AvgIpc) is 2.36. The van der Waals surface area contributed by atoms with Crippen LogP contribution in [0.2, 0.25) is 0 Å².